The van der Waals surface area contributed by atoms with Crippen molar-refractivity contribution in [3.63, 3.8) is 0 Å². The number of carbonyl (C=O) groups is 1. The molecule has 0 saturated heterocycles. The summed E-state index contributed by atoms with van der Waals surface area (Å²) in [6, 6.07) is 1.96. The van der Waals surface area contributed by atoms with Crippen LogP contribution < -0.4 is 16.4 Å². The van der Waals surface area contributed by atoms with Gasteiger partial charge in [-0.25, -0.2) is 0 Å². The maximum absolute atomic E-state index is 11.7. The molecule has 0 aromatic carbocycles. The summed E-state index contributed by atoms with van der Waals surface area (Å²) in [5.41, 5.74) is 7.22. The van der Waals surface area contributed by atoms with E-state index in [4.69, 9.17) is 5.73 Å². The number of anilines is 2. The third kappa shape index (κ3) is 2.84. The second-order valence-corrected chi connectivity index (χ2v) is 4.75. The van der Waals surface area contributed by atoms with Gasteiger partial charge in [-0.1, -0.05) is 0 Å². The molecule has 0 aliphatic carbocycles. The van der Waals surface area contributed by atoms with Gasteiger partial charge in [0, 0.05) is 39.0 Å². The lowest BCUT2D eigenvalue weighted by molar-refractivity contribution is 0.0965. The van der Waals surface area contributed by atoms with Crippen molar-refractivity contribution in [2.24, 2.45) is 7.05 Å². The molecule has 0 fully saturated rings. The van der Waals surface area contributed by atoms with Gasteiger partial charge in [-0.15, -0.1) is 0 Å². The number of nitrogen functional groups attached to an aromatic ring is 1. The van der Waals surface area contributed by atoms with Crippen LogP contribution >= 0.6 is 11.5 Å². The number of nitrogens with zero attached hydrogens (tertiary/aromatic N) is 3. The standard InChI is InChI=1S/C11H16N6OS/c1-13-10(18)8-9(12)16-19-11(8)14-5-3-7-4-6-15-17(7)2/h4,6,14H,3,5H2,1-2H3,(H2,12,16)(H,13,18). The number of rotatable bonds is 5. The number of hydrogen-bond donors (Lipinski definition) is 3. The maximum Gasteiger partial charge on any atom is 0.257 e. The van der Waals surface area contributed by atoms with Crippen LogP contribution in [0.5, 0.6) is 0 Å². The van der Waals surface area contributed by atoms with Crippen LogP contribution in [0.1, 0.15) is 16.1 Å². The van der Waals surface area contributed by atoms with E-state index in [2.05, 4.69) is 20.1 Å². The second-order valence-electron chi connectivity index (χ2n) is 3.97. The molecule has 0 aliphatic rings. The van der Waals surface area contributed by atoms with Crippen LogP contribution in [0.4, 0.5) is 10.8 Å². The molecule has 2 rings (SSSR count). The summed E-state index contributed by atoms with van der Waals surface area (Å²) in [6.45, 7) is 0.686. The van der Waals surface area contributed by atoms with Crippen LogP contribution in [-0.2, 0) is 13.5 Å². The lowest BCUT2D eigenvalue weighted by atomic mass is 10.2. The first-order valence-electron chi connectivity index (χ1n) is 5.81. The first-order valence-corrected chi connectivity index (χ1v) is 6.58. The van der Waals surface area contributed by atoms with Gasteiger partial charge in [0.2, 0.25) is 0 Å². The van der Waals surface area contributed by atoms with Crippen molar-refractivity contribution in [2.45, 2.75) is 6.42 Å². The SMILES string of the molecule is CNC(=O)c1c(N)nsc1NCCc1ccnn1C. The first kappa shape index (κ1) is 13.3. The van der Waals surface area contributed by atoms with Crippen LogP contribution in [0, 0.1) is 0 Å². The van der Waals surface area contributed by atoms with E-state index in [1.54, 1.807) is 13.2 Å². The van der Waals surface area contributed by atoms with Gasteiger partial charge in [-0.3, -0.25) is 9.48 Å². The van der Waals surface area contributed by atoms with Crippen LogP contribution in [0.2, 0.25) is 0 Å². The van der Waals surface area contributed by atoms with Crippen LogP contribution in [0.15, 0.2) is 12.3 Å². The molecule has 2 aromatic rings. The van der Waals surface area contributed by atoms with Crippen molar-refractivity contribution in [3.8, 4) is 0 Å². The van der Waals surface area contributed by atoms with E-state index < -0.39 is 0 Å². The fourth-order valence-electron chi connectivity index (χ4n) is 1.72. The largest absolute Gasteiger partial charge is 0.382 e. The van der Waals surface area contributed by atoms with Gasteiger partial charge in [0.1, 0.15) is 10.6 Å². The van der Waals surface area contributed by atoms with Gasteiger partial charge >= 0.3 is 0 Å². The third-order valence-electron chi connectivity index (χ3n) is 2.76. The predicted octanol–water partition coefficient (Wildman–Crippen LogP) is 0.473. The van der Waals surface area contributed by atoms with Gasteiger partial charge in [0.25, 0.3) is 5.91 Å². The highest BCUT2D eigenvalue weighted by Crippen LogP contribution is 2.26. The number of aromatic nitrogens is 3. The maximum atomic E-state index is 11.7. The highest BCUT2D eigenvalue weighted by Gasteiger charge is 2.17. The lowest BCUT2D eigenvalue weighted by Gasteiger charge is -2.06. The summed E-state index contributed by atoms with van der Waals surface area (Å²) in [5, 5.41) is 10.5. The smallest absolute Gasteiger partial charge is 0.257 e. The Labute approximate surface area is 115 Å². The van der Waals surface area contributed by atoms with Gasteiger partial charge in [-0.2, -0.15) is 9.47 Å². The highest BCUT2D eigenvalue weighted by molar-refractivity contribution is 7.11. The second kappa shape index (κ2) is 5.70. The van der Waals surface area contributed by atoms with Gasteiger partial charge < -0.3 is 16.4 Å². The monoisotopic (exact) mass is 280 g/mol. The number of nitrogens with one attached hydrogen (secondary N) is 2. The van der Waals surface area contributed by atoms with Gasteiger partial charge in [-0.05, 0) is 17.6 Å². The van der Waals surface area contributed by atoms with Crippen molar-refractivity contribution in [1.82, 2.24) is 19.5 Å². The van der Waals surface area contributed by atoms with E-state index in [1.165, 1.54) is 11.5 Å². The summed E-state index contributed by atoms with van der Waals surface area (Å²) in [4.78, 5) is 11.7. The Hall–Kier alpha value is -2.09. The van der Waals surface area contributed by atoms with E-state index in [0.717, 1.165) is 12.1 Å². The molecule has 7 nitrogen and oxygen atoms in total. The minimum atomic E-state index is -0.228. The topological polar surface area (TPSA) is 97.9 Å². The van der Waals surface area contributed by atoms with Gasteiger partial charge in [0.05, 0.1) is 0 Å². The number of hydrogen-bond acceptors (Lipinski definition) is 6. The molecule has 102 valence electrons. The molecule has 0 saturated carbocycles. The number of carbonyl (C=O) groups excluding carboxylic acids is 1. The molecule has 0 spiro atoms. The number of nitrogens with two attached hydrogens (primary N) is 1. The Morgan fingerprint density at radius 1 is 1.58 bits per heavy atom. The van der Waals surface area contributed by atoms with Crippen LogP contribution in [0.25, 0.3) is 0 Å². The molecule has 0 atom stereocenters. The van der Waals surface area contributed by atoms with E-state index in [-0.39, 0.29) is 11.7 Å². The summed E-state index contributed by atoms with van der Waals surface area (Å²) in [7, 11) is 3.47. The molecule has 2 aromatic heterocycles. The zero-order valence-corrected chi connectivity index (χ0v) is 11.6. The summed E-state index contributed by atoms with van der Waals surface area (Å²) in [5.74, 6) is 0.0293. The fraction of sp³-hybridized carbons (Fsp3) is 0.364. The lowest BCUT2D eigenvalue weighted by Crippen LogP contribution is -2.20. The Kier molecular flexibility index (Phi) is 4.00. The third-order valence-corrected chi connectivity index (χ3v) is 3.58. The van der Waals surface area contributed by atoms with Crippen molar-refractivity contribution in [2.75, 3.05) is 24.6 Å². The number of amides is 1. The molecule has 0 bridgehead atoms. The number of aryl methyl sites for hydroxylation is 1. The molecule has 1 amide bonds. The summed E-state index contributed by atoms with van der Waals surface area (Å²) >= 11 is 1.19. The minimum absolute atomic E-state index is 0.228. The van der Waals surface area contributed by atoms with Crippen molar-refractivity contribution in [3.05, 3.63) is 23.5 Å². The Bertz CT molecular complexity index is 576. The van der Waals surface area contributed by atoms with Crippen molar-refractivity contribution in [1.29, 1.82) is 0 Å². The molecule has 0 aliphatic heterocycles. The molecule has 0 radical (unpaired) electrons. The zero-order valence-electron chi connectivity index (χ0n) is 10.8. The molecular weight excluding hydrogens is 264 g/mol. The molecule has 2 heterocycles. The molecule has 8 heteroatoms. The average Bonchev–Trinajstić information content (AvgIpc) is 2.96. The van der Waals surface area contributed by atoms with E-state index >= 15 is 0 Å². The Morgan fingerprint density at radius 2 is 2.37 bits per heavy atom. The van der Waals surface area contributed by atoms with Crippen molar-refractivity contribution < 1.29 is 4.79 Å². The normalized spacial score (nSPS) is 10.4. The fourth-order valence-corrected chi connectivity index (χ4v) is 2.45. The minimum Gasteiger partial charge on any atom is -0.382 e. The van der Waals surface area contributed by atoms with Gasteiger partial charge in [0.15, 0.2) is 5.82 Å². The van der Waals surface area contributed by atoms with E-state index in [0.29, 0.717) is 17.1 Å². The molecule has 4 N–H and O–H groups in total. The zero-order chi connectivity index (χ0) is 13.8. The summed E-state index contributed by atoms with van der Waals surface area (Å²) in [6.07, 6.45) is 2.57. The Balaban J connectivity index is 2.00. The molecule has 0 unspecified atom stereocenters. The van der Waals surface area contributed by atoms with Crippen LogP contribution in [-0.4, -0.2) is 33.7 Å². The summed E-state index contributed by atoms with van der Waals surface area (Å²) < 4.78 is 5.82. The molecular formula is C11H16N6OS. The highest BCUT2D eigenvalue weighted by atomic mass is 32.1. The first-order chi connectivity index (χ1) is 9.13. The van der Waals surface area contributed by atoms with Crippen molar-refractivity contribution >= 4 is 28.3 Å². The average molecular weight is 280 g/mol. The Morgan fingerprint density at radius 3 is 3.00 bits per heavy atom. The quantitative estimate of drug-likeness (QED) is 0.739. The van der Waals surface area contributed by atoms with E-state index in [9.17, 15) is 4.79 Å². The van der Waals surface area contributed by atoms with E-state index in [1.807, 2.05) is 17.8 Å². The predicted molar refractivity (Wildman–Crippen MR) is 75.3 cm³/mol. The van der Waals surface area contributed by atoms with Crippen LogP contribution in [0.3, 0.4) is 0 Å². The molecule has 19 heavy (non-hydrogen) atoms.